The molecule has 1 heteroatoms. The van der Waals surface area contributed by atoms with Crippen LogP contribution < -0.4 is 4.57 Å². The predicted molar refractivity (Wildman–Crippen MR) is 95.6 cm³/mol. The average molecular weight is 306 g/mol. The second kappa shape index (κ2) is 4.47. The fraction of sp³-hybridized carbons (Fsp3) is 0.500. The van der Waals surface area contributed by atoms with E-state index in [2.05, 4.69) is 76.7 Å². The van der Waals surface area contributed by atoms with Crippen molar-refractivity contribution in [3.8, 4) is 11.3 Å². The lowest BCUT2D eigenvalue weighted by molar-refractivity contribution is -0.661. The molecule has 0 aliphatic heterocycles. The van der Waals surface area contributed by atoms with Crippen molar-refractivity contribution in [2.45, 2.75) is 58.8 Å². The van der Waals surface area contributed by atoms with E-state index in [1.807, 2.05) is 0 Å². The standard InChI is InChI=1S/C22H28N/c1-14-7-8-16(15(2)11-14)20-12-17-18-9-10-22(5,21(18,3)4)19(17)13-23(20)6/h7-8,11-13,18H,9-10H2,1-6H3/q+1. The summed E-state index contributed by atoms with van der Waals surface area (Å²) in [6.45, 7) is 11.8. The highest BCUT2D eigenvalue weighted by Gasteiger charge is 2.60. The van der Waals surface area contributed by atoms with Crippen LogP contribution in [0.4, 0.5) is 0 Å². The third-order valence-corrected chi connectivity index (χ3v) is 7.16. The summed E-state index contributed by atoms with van der Waals surface area (Å²) in [6, 6.07) is 9.29. The zero-order valence-corrected chi connectivity index (χ0v) is 15.3. The van der Waals surface area contributed by atoms with Crippen molar-refractivity contribution in [2.75, 3.05) is 0 Å². The summed E-state index contributed by atoms with van der Waals surface area (Å²) in [4.78, 5) is 0. The predicted octanol–water partition coefficient (Wildman–Crippen LogP) is 4.97. The third-order valence-electron chi connectivity index (χ3n) is 7.16. The molecule has 23 heavy (non-hydrogen) atoms. The summed E-state index contributed by atoms with van der Waals surface area (Å²) in [5.41, 5.74) is 9.35. The molecular formula is C22H28N+. The lowest BCUT2D eigenvalue weighted by Crippen LogP contribution is -2.36. The lowest BCUT2D eigenvalue weighted by Gasteiger charge is -2.34. The smallest absolute Gasteiger partial charge is 0.201 e. The average Bonchev–Trinajstić information content (AvgIpc) is 2.79. The van der Waals surface area contributed by atoms with Crippen LogP contribution in [-0.4, -0.2) is 0 Å². The molecule has 2 aliphatic rings. The van der Waals surface area contributed by atoms with Gasteiger partial charge in [-0.1, -0.05) is 38.5 Å². The molecule has 0 saturated heterocycles. The Morgan fingerprint density at radius 1 is 1.09 bits per heavy atom. The molecule has 4 rings (SSSR count). The van der Waals surface area contributed by atoms with Gasteiger partial charge in [0.2, 0.25) is 5.69 Å². The number of aryl methyl sites for hydroxylation is 3. The van der Waals surface area contributed by atoms with Gasteiger partial charge in [-0.2, -0.15) is 0 Å². The van der Waals surface area contributed by atoms with Crippen LogP contribution >= 0.6 is 0 Å². The van der Waals surface area contributed by atoms with Crippen LogP contribution in [0.1, 0.15) is 61.8 Å². The van der Waals surface area contributed by atoms with Gasteiger partial charge in [0.25, 0.3) is 0 Å². The number of fused-ring (bicyclic) bond motifs is 5. The zero-order valence-electron chi connectivity index (χ0n) is 15.3. The van der Waals surface area contributed by atoms with E-state index in [9.17, 15) is 0 Å². The molecule has 2 unspecified atom stereocenters. The monoisotopic (exact) mass is 306 g/mol. The first-order chi connectivity index (χ1) is 10.8. The van der Waals surface area contributed by atoms with Gasteiger partial charge >= 0.3 is 0 Å². The van der Waals surface area contributed by atoms with Gasteiger partial charge in [-0.25, -0.2) is 4.57 Å². The number of pyridine rings is 1. The number of aromatic nitrogens is 1. The molecule has 2 bridgehead atoms. The molecule has 1 nitrogen and oxygen atoms in total. The van der Waals surface area contributed by atoms with Crippen LogP contribution in [0, 0.1) is 19.3 Å². The van der Waals surface area contributed by atoms with Gasteiger partial charge in [0.05, 0.1) is 0 Å². The third kappa shape index (κ3) is 1.77. The van der Waals surface area contributed by atoms with E-state index in [1.165, 1.54) is 35.2 Å². The molecule has 1 aromatic carbocycles. The SMILES string of the molecule is Cc1ccc(-c2cc3c(c[n+]2C)C2(C)CCC3C2(C)C)c(C)c1. The minimum absolute atomic E-state index is 0.339. The highest BCUT2D eigenvalue weighted by Crippen LogP contribution is 2.67. The summed E-state index contributed by atoms with van der Waals surface area (Å²) in [6.07, 6.45) is 5.10. The van der Waals surface area contributed by atoms with Gasteiger partial charge < -0.3 is 0 Å². The van der Waals surface area contributed by atoms with E-state index in [1.54, 1.807) is 11.1 Å². The van der Waals surface area contributed by atoms with Crippen molar-refractivity contribution in [1.29, 1.82) is 0 Å². The van der Waals surface area contributed by atoms with Crippen LogP contribution in [0.2, 0.25) is 0 Å². The summed E-state index contributed by atoms with van der Waals surface area (Å²) in [7, 11) is 2.21. The lowest BCUT2D eigenvalue weighted by atomic mass is 9.69. The molecule has 0 radical (unpaired) electrons. The molecular weight excluding hydrogens is 278 g/mol. The van der Waals surface area contributed by atoms with Crippen LogP contribution in [-0.2, 0) is 12.5 Å². The molecule has 1 aromatic heterocycles. The highest BCUT2D eigenvalue weighted by molar-refractivity contribution is 5.64. The Morgan fingerprint density at radius 3 is 2.52 bits per heavy atom. The van der Waals surface area contributed by atoms with Crippen LogP contribution in [0.5, 0.6) is 0 Å². The molecule has 2 aliphatic carbocycles. The van der Waals surface area contributed by atoms with E-state index in [0.717, 1.165) is 0 Å². The zero-order chi connectivity index (χ0) is 16.6. The minimum Gasteiger partial charge on any atom is -0.201 e. The van der Waals surface area contributed by atoms with E-state index >= 15 is 0 Å². The van der Waals surface area contributed by atoms with E-state index < -0.39 is 0 Å². The first-order valence-electron chi connectivity index (χ1n) is 8.87. The van der Waals surface area contributed by atoms with Gasteiger partial charge in [-0.05, 0) is 55.2 Å². The van der Waals surface area contributed by atoms with Crippen molar-refractivity contribution in [1.82, 2.24) is 0 Å². The summed E-state index contributed by atoms with van der Waals surface area (Å²) < 4.78 is 2.35. The van der Waals surface area contributed by atoms with E-state index in [0.29, 0.717) is 16.7 Å². The molecule has 120 valence electrons. The molecule has 0 N–H and O–H groups in total. The fourth-order valence-corrected chi connectivity index (χ4v) is 5.31. The van der Waals surface area contributed by atoms with Crippen molar-refractivity contribution >= 4 is 0 Å². The topological polar surface area (TPSA) is 3.88 Å². The number of hydrogen-bond acceptors (Lipinski definition) is 0. The summed E-state index contributed by atoms with van der Waals surface area (Å²) in [5.74, 6) is 0.716. The quantitative estimate of drug-likeness (QED) is 0.655. The maximum absolute atomic E-state index is 2.49. The number of rotatable bonds is 1. The van der Waals surface area contributed by atoms with Gasteiger partial charge in [0.1, 0.15) is 7.05 Å². The second-order valence-corrected chi connectivity index (χ2v) is 8.60. The Morgan fingerprint density at radius 2 is 1.83 bits per heavy atom. The number of hydrogen-bond donors (Lipinski definition) is 0. The van der Waals surface area contributed by atoms with Crippen LogP contribution in [0.25, 0.3) is 11.3 Å². The summed E-state index contributed by atoms with van der Waals surface area (Å²) >= 11 is 0. The first kappa shape index (κ1) is 14.9. The van der Waals surface area contributed by atoms with Crippen molar-refractivity contribution in [3.05, 3.63) is 52.7 Å². The molecule has 1 heterocycles. The normalized spacial score (nSPS) is 27.3. The van der Waals surface area contributed by atoms with E-state index in [-0.39, 0.29) is 0 Å². The molecule has 1 saturated carbocycles. The van der Waals surface area contributed by atoms with Crippen molar-refractivity contribution < 1.29 is 4.57 Å². The fourth-order valence-electron chi connectivity index (χ4n) is 5.31. The molecule has 1 fully saturated rings. The second-order valence-electron chi connectivity index (χ2n) is 8.60. The van der Waals surface area contributed by atoms with Gasteiger partial charge in [-0.3, -0.25) is 0 Å². The largest absolute Gasteiger partial charge is 0.212 e. The van der Waals surface area contributed by atoms with Crippen LogP contribution in [0.3, 0.4) is 0 Å². The summed E-state index contributed by atoms with van der Waals surface area (Å²) in [5, 5.41) is 0. The Hall–Kier alpha value is -1.63. The Bertz CT molecular complexity index is 815. The molecule has 0 spiro atoms. The van der Waals surface area contributed by atoms with Gasteiger partial charge in [-0.15, -0.1) is 0 Å². The van der Waals surface area contributed by atoms with Crippen LogP contribution in [0.15, 0.2) is 30.5 Å². The number of nitrogens with zero attached hydrogens (tertiary/aromatic N) is 1. The highest BCUT2D eigenvalue weighted by atomic mass is 14.9. The molecule has 0 amide bonds. The van der Waals surface area contributed by atoms with Gasteiger partial charge in [0, 0.05) is 22.6 Å². The van der Waals surface area contributed by atoms with Crippen molar-refractivity contribution in [3.63, 3.8) is 0 Å². The molecule has 2 aromatic rings. The Balaban J connectivity index is 1.93. The maximum Gasteiger partial charge on any atom is 0.212 e. The molecule has 2 atom stereocenters. The maximum atomic E-state index is 2.49. The Labute approximate surface area is 140 Å². The Kier molecular flexibility index (Phi) is 2.90. The van der Waals surface area contributed by atoms with Gasteiger partial charge in [0.15, 0.2) is 6.20 Å². The minimum atomic E-state index is 0.339. The number of benzene rings is 1. The van der Waals surface area contributed by atoms with Crippen molar-refractivity contribution in [2.24, 2.45) is 12.5 Å². The van der Waals surface area contributed by atoms with E-state index in [4.69, 9.17) is 0 Å². The first-order valence-corrected chi connectivity index (χ1v) is 8.87.